The van der Waals surface area contributed by atoms with Crippen LogP contribution in [0.2, 0.25) is 0 Å². The van der Waals surface area contributed by atoms with Crippen LogP contribution < -0.4 is 10.7 Å². The molecule has 1 fully saturated rings. The number of nitrogens with one attached hydrogen (secondary N) is 2. The molecule has 10 heteroatoms. The summed E-state index contributed by atoms with van der Waals surface area (Å²) in [6, 6.07) is 8.17. The molecule has 9 nitrogen and oxygen atoms in total. The Morgan fingerprint density at radius 2 is 2.09 bits per heavy atom. The second-order valence-corrected chi connectivity index (χ2v) is 8.59. The molecule has 0 radical (unpaired) electrons. The van der Waals surface area contributed by atoms with Gasteiger partial charge in [-0.2, -0.15) is 0 Å². The fourth-order valence-electron chi connectivity index (χ4n) is 4.36. The number of nitrogens with zero attached hydrogens (tertiary/aromatic N) is 6. The molecule has 2 aliphatic rings. The second kappa shape index (κ2) is 9.60. The molecule has 176 valence electrons. The molecule has 0 bridgehead atoms. The maximum Gasteiger partial charge on any atom is 0.278 e. The number of allylic oxidation sites excluding steroid dienone is 2. The topological polar surface area (TPSA) is 91.2 Å². The maximum absolute atomic E-state index is 12.8. The highest BCUT2D eigenvalue weighted by Gasteiger charge is 2.22. The van der Waals surface area contributed by atoms with Crippen molar-refractivity contribution in [3.8, 4) is 0 Å². The van der Waals surface area contributed by atoms with E-state index in [2.05, 4.69) is 43.1 Å². The van der Waals surface area contributed by atoms with Crippen molar-refractivity contribution in [2.75, 3.05) is 38.7 Å². The van der Waals surface area contributed by atoms with Gasteiger partial charge in [0.1, 0.15) is 12.5 Å². The number of aromatic nitrogens is 4. The van der Waals surface area contributed by atoms with Crippen molar-refractivity contribution in [3.05, 3.63) is 66.4 Å². The van der Waals surface area contributed by atoms with Crippen molar-refractivity contribution in [1.82, 2.24) is 35.3 Å². The van der Waals surface area contributed by atoms with Gasteiger partial charge in [-0.15, -0.1) is 5.10 Å². The van der Waals surface area contributed by atoms with Gasteiger partial charge in [-0.1, -0.05) is 17.3 Å². The van der Waals surface area contributed by atoms with E-state index in [0.717, 1.165) is 47.8 Å². The number of fused-ring (bicyclic) bond motifs is 1. The Labute approximate surface area is 196 Å². The van der Waals surface area contributed by atoms with E-state index in [0.29, 0.717) is 12.4 Å². The van der Waals surface area contributed by atoms with Crippen LogP contribution in [-0.4, -0.2) is 69.2 Å². The summed E-state index contributed by atoms with van der Waals surface area (Å²) in [5.74, 6) is 0.102. The Balaban J connectivity index is 1.28. The highest BCUT2D eigenvalue weighted by molar-refractivity contribution is 6.03. The van der Waals surface area contributed by atoms with Gasteiger partial charge in [0.25, 0.3) is 5.91 Å². The van der Waals surface area contributed by atoms with E-state index in [1.54, 1.807) is 17.1 Å². The summed E-state index contributed by atoms with van der Waals surface area (Å²) >= 11 is 0. The van der Waals surface area contributed by atoms with Crippen LogP contribution in [0.25, 0.3) is 16.3 Å². The molecule has 2 aromatic heterocycles. The van der Waals surface area contributed by atoms with Crippen LogP contribution in [0.4, 0.5) is 10.2 Å². The Kier molecular flexibility index (Phi) is 6.22. The third kappa shape index (κ3) is 4.76. The van der Waals surface area contributed by atoms with Crippen molar-refractivity contribution < 1.29 is 9.18 Å². The van der Waals surface area contributed by atoms with E-state index in [9.17, 15) is 9.18 Å². The molecule has 1 saturated heterocycles. The Morgan fingerprint density at radius 3 is 2.88 bits per heavy atom. The number of rotatable bonds is 6. The first-order valence-corrected chi connectivity index (χ1v) is 11.4. The average Bonchev–Trinajstić information content (AvgIpc) is 3.35. The van der Waals surface area contributed by atoms with Crippen molar-refractivity contribution >= 4 is 28.1 Å². The normalized spacial score (nSPS) is 17.0. The number of carbonyl (C=O) groups is 1. The van der Waals surface area contributed by atoms with Gasteiger partial charge in [0.15, 0.2) is 5.69 Å². The highest BCUT2D eigenvalue weighted by Crippen LogP contribution is 2.25. The monoisotopic (exact) mass is 462 g/mol. The summed E-state index contributed by atoms with van der Waals surface area (Å²) in [4.78, 5) is 19.3. The fourth-order valence-corrected chi connectivity index (χ4v) is 4.36. The Morgan fingerprint density at radius 1 is 1.24 bits per heavy atom. The Bertz CT molecular complexity index is 1240. The van der Waals surface area contributed by atoms with E-state index in [4.69, 9.17) is 0 Å². The number of anilines is 1. The highest BCUT2D eigenvalue weighted by atomic mass is 19.1. The third-order valence-corrected chi connectivity index (χ3v) is 6.25. The number of hydrogen-bond donors (Lipinski definition) is 2. The SMILES string of the molecule is CN1C=C(c2ccc3cnc(NC(=O)c4cn(C5CCN(CCF)CC5)nn4)cc3c2)C=CN1. The molecule has 0 unspecified atom stereocenters. The number of alkyl halides is 1. The summed E-state index contributed by atoms with van der Waals surface area (Å²) in [6.07, 6.45) is 11.1. The van der Waals surface area contributed by atoms with Crippen molar-refractivity contribution in [2.45, 2.75) is 18.9 Å². The first kappa shape index (κ1) is 22.0. The molecule has 0 atom stereocenters. The molecule has 2 aliphatic heterocycles. The zero-order valence-corrected chi connectivity index (χ0v) is 19.0. The van der Waals surface area contributed by atoms with E-state index >= 15 is 0 Å². The van der Waals surface area contributed by atoms with Crippen LogP contribution in [0.15, 0.2) is 55.1 Å². The van der Waals surface area contributed by atoms with Crippen molar-refractivity contribution in [2.24, 2.45) is 0 Å². The number of hydrazine groups is 1. The minimum Gasteiger partial charge on any atom is -0.306 e. The molecule has 5 rings (SSSR count). The number of halogens is 1. The standard InChI is InChI=1S/C24H27FN8O/c1-31-15-19(4-8-27-31)17-2-3-18-14-26-23(13-20(18)12-17)28-24(34)22-16-33(30-29-22)21-5-9-32(10-6-21)11-7-25/h2-4,8,12-16,21,27H,5-7,9-11H2,1H3,(H,26,28,34). The van der Waals surface area contributed by atoms with Gasteiger partial charge in [-0.25, -0.2) is 14.1 Å². The molecule has 3 aromatic rings. The number of likely N-dealkylation sites (tertiary alicyclic amines) is 1. The van der Waals surface area contributed by atoms with Gasteiger partial charge < -0.3 is 15.6 Å². The van der Waals surface area contributed by atoms with E-state index in [1.807, 2.05) is 42.7 Å². The van der Waals surface area contributed by atoms with E-state index in [-0.39, 0.29) is 24.3 Å². The first-order valence-electron chi connectivity index (χ1n) is 11.4. The van der Waals surface area contributed by atoms with Gasteiger partial charge >= 0.3 is 0 Å². The maximum atomic E-state index is 12.8. The number of carbonyl (C=O) groups excluding carboxylic acids is 1. The molecule has 1 aromatic carbocycles. The number of piperidine rings is 1. The summed E-state index contributed by atoms with van der Waals surface area (Å²) < 4.78 is 14.3. The van der Waals surface area contributed by atoms with Gasteiger partial charge in [-0.05, 0) is 42.0 Å². The predicted molar refractivity (Wildman–Crippen MR) is 128 cm³/mol. The summed E-state index contributed by atoms with van der Waals surface area (Å²) in [7, 11) is 1.94. The average molecular weight is 463 g/mol. The van der Waals surface area contributed by atoms with Crippen LogP contribution in [0.5, 0.6) is 0 Å². The molecule has 4 heterocycles. The number of hydrogen-bond acceptors (Lipinski definition) is 7. The summed E-state index contributed by atoms with van der Waals surface area (Å²) in [5.41, 5.74) is 5.48. The fraction of sp³-hybridized carbons (Fsp3) is 0.333. The van der Waals surface area contributed by atoms with Crippen LogP contribution in [-0.2, 0) is 0 Å². The lowest BCUT2D eigenvalue weighted by molar-refractivity contribution is 0.102. The van der Waals surface area contributed by atoms with Gasteiger partial charge in [0.05, 0.1) is 12.2 Å². The number of benzene rings is 1. The molecular weight excluding hydrogens is 435 g/mol. The molecule has 0 spiro atoms. The Hall–Kier alpha value is -3.79. The van der Waals surface area contributed by atoms with Crippen LogP contribution in [0.1, 0.15) is 34.9 Å². The van der Waals surface area contributed by atoms with Crippen LogP contribution in [0.3, 0.4) is 0 Å². The van der Waals surface area contributed by atoms with Crippen molar-refractivity contribution in [3.63, 3.8) is 0 Å². The predicted octanol–water partition coefficient (Wildman–Crippen LogP) is 2.99. The van der Waals surface area contributed by atoms with Gasteiger partial charge in [0.2, 0.25) is 0 Å². The van der Waals surface area contributed by atoms with Gasteiger partial charge in [-0.3, -0.25) is 9.80 Å². The van der Waals surface area contributed by atoms with Gasteiger partial charge in [0, 0.05) is 56.2 Å². The lowest BCUT2D eigenvalue weighted by Gasteiger charge is -2.30. The van der Waals surface area contributed by atoms with Crippen molar-refractivity contribution in [1.29, 1.82) is 0 Å². The minimum absolute atomic E-state index is 0.166. The summed E-state index contributed by atoms with van der Waals surface area (Å²) in [5, 5.41) is 14.9. The number of amides is 1. The number of pyridine rings is 1. The smallest absolute Gasteiger partial charge is 0.278 e. The molecule has 34 heavy (non-hydrogen) atoms. The first-order chi connectivity index (χ1) is 16.6. The quantitative estimate of drug-likeness (QED) is 0.582. The lowest BCUT2D eigenvalue weighted by Crippen LogP contribution is -2.36. The largest absolute Gasteiger partial charge is 0.306 e. The van der Waals surface area contributed by atoms with E-state index in [1.165, 1.54) is 0 Å². The zero-order valence-electron chi connectivity index (χ0n) is 19.0. The van der Waals surface area contributed by atoms with Crippen LogP contribution >= 0.6 is 0 Å². The second-order valence-electron chi connectivity index (χ2n) is 8.59. The molecule has 2 N–H and O–H groups in total. The minimum atomic E-state index is -0.352. The zero-order chi connectivity index (χ0) is 23.5. The molecular formula is C24H27FN8O. The summed E-state index contributed by atoms with van der Waals surface area (Å²) in [6.45, 7) is 1.78. The van der Waals surface area contributed by atoms with E-state index < -0.39 is 0 Å². The third-order valence-electron chi connectivity index (χ3n) is 6.25. The van der Waals surface area contributed by atoms with Crippen LogP contribution in [0, 0.1) is 0 Å². The lowest BCUT2D eigenvalue weighted by atomic mass is 10.0. The molecule has 0 saturated carbocycles. The molecule has 1 amide bonds. The molecule has 0 aliphatic carbocycles.